The van der Waals surface area contributed by atoms with Crippen LogP contribution < -0.4 is 5.32 Å². The van der Waals surface area contributed by atoms with Crippen LogP contribution in [0.1, 0.15) is 5.56 Å². The maximum atomic E-state index is 12.8. The maximum Gasteiger partial charge on any atom is 0.421 e. The number of amides is 1. The van der Waals surface area contributed by atoms with Gasteiger partial charge in [-0.3, -0.25) is 5.32 Å². The van der Waals surface area contributed by atoms with E-state index in [9.17, 15) is 18.0 Å². The van der Waals surface area contributed by atoms with Crippen molar-refractivity contribution in [3.63, 3.8) is 0 Å². The van der Waals surface area contributed by atoms with Crippen LogP contribution in [-0.4, -0.2) is 21.0 Å². The van der Waals surface area contributed by atoms with Crippen LogP contribution in [0.15, 0.2) is 34.9 Å². The fourth-order valence-corrected chi connectivity index (χ4v) is 1.82. The predicted octanol–water partition coefficient (Wildman–Crippen LogP) is 3.74. The van der Waals surface area contributed by atoms with Gasteiger partial charge in [0.25, 0.3) is 0 Å². The molecule has 20 heavy (non-hydrogen) atoms. The van der Waals surface area contributed by atoms with Crippen LogP contribution in [0.25, 0.3) is 5.69 Å². The summed E-state index contributed by atoms with van der Waals surface area (Å²) in [5.74, 6) is -0.646. The smallest absolute Gasteiger partial charge is 0.421 e. The van der Waals surface area contributed by atoms with Crippen LogP contribution in [0.4, 0.5) is 23.8 Å². The lowest BCUT2D eigenvalue weighted by molar-refractivity contribution is -0.136. The molecule has 1 aromatic heterocycles. The second kappa shape index (κ2) is 5.16. The van der Waals surface area contributed by atoms with E-state index < -0.39 is 23.7 Å². The first kappa shape index (κ1) is 14.4. The van der Waals surface area contributed by atoms with E-state index in [1.165, 1.54) is 12.1 Å². The Labute approximate surface area is 119 Å². The van der Waals surface area contributed by atoms with E-state index >= 15 is 0 Å². The highest BCUT2D eigenvalue weighted by molar-refractivity contribution is 9.10. The van der Waals surface area contributed by atoms with Crippen molar-refractivity contribution < 1.29 is 23.1 Å². The molecular weight excluding hydrogens is 343 g/mol. The number of alkyl halides is 3. The van der Waals surface area contributed by atoms with Crippen LogP contribution in [-0.2, 0) is 6.18 Å². The van der Waals surface area contributed by atoms with Crippen LogP contribution in [0.3, 0.4) is 0 Å². The van der Waals surface area contributed by atoms with Crippen LogP contribution >= 0.6 is 15.9 Å². The van der Waals surface area contributed by atoms with Gasteiger partial charge in [-0.2, -0.15) is 18.3 Å². The highest BCUT2D eigenvalue weighted by atomic mass is 79.9. The van der Waals surface area contributed by atoms with Crippen molar-refractivity contribution in [2.75, 3.05) is 5.32 Å². The summed E-state index contributed by atoms with van der Waals surface area (Å²) in [5, 5.41) is 14.0. The van der Waals surface area contributed by atoms with Crippen LogP contribution in [0, 0.1) is 0 Å². The molecule has 0 atom stereocenters. The molecule has 1 aromatic carbocycles. The minimum atomic E-state index is -4.70. The second-order valence-electron chi connectivity index (χ2n) is 3.72. The standard InChI is InChI=1S/C11H7BrF3N3O2/c12-6-1-3-7(4-2-6)18-9(17-10(19)20)8(5-16-18)11(13,14)15/h1-5,17H,(H,19,20). The average molecular weight is 350 g/mol. The van der Waals surface area contributed by atoms with E-state index in [2.05, 4.69) is 21.0 Å². The number of nitrogens with zero attached hydrogens (tertiary/aromatic N) is 2. The first-order valence-electron chi connectivity index (χ1n) is 5.20. The molecule has 0 aliphatic carbocycles. The van der Waals surface area contributed by atoms with E-state index in [1.54, 1.807) is 17.4 Å². The molecule has 106 valence electrons. The number of carbonyl (C=O) groups is 1. The number of hydrogen-bond acceptors (Lipinski definition) is 2. The van der Waals surface area contributed by atoms with Gasteiger partial charge in [-0.25, -0.2) is 9.48 Å². The highest BCUT2D eigenvalue weighted by Crippen LogP contribution is 2.35. The Balaban J connectivity index is 2.56. The molecule has 2 N–H and O–H groups in total. The molecule has 0 aliphatic rings. The first-order valence-corrected chi connectivity index (χ1v) is 5.99. The Morgan fingerprint density at radius 3 is 2.40 bits per heavy atom. The van der Waals surface area contributed by atoms with E-state index in [0.29, 0.717) is 11.9 Å². The van der Waals surface area contributed by atoms with Gasteiger partial charge in [0.2, 0.25) is 0 Å². The molecule has 0 saturated heterocycles. The Morgan fingerprint density at radius 1 is 1.30 bits per heavy atom. The molecule has 0 spiro atoms. The third-order valence-corrected chi connectivity index (χ3v) is 2.90. The Kier molecular flexibility index (Phi) is 3.71. The lowest BCUT2D eigenvalue weighted by Gasteiger charge is -2.11. The normalized spacial score (nSPS) is 11.4. The van der Waals surface area contributed by atoms with E-state index in [1.807, 2.05) is 0 Å². The molecule has 0 fully saturated rings. The Morgan fingerprint density at radius 2 is 1.90 bits per heavy atom. The Bertz CT molecular complexity index is 637. The summed E-state index contributed by atoms with van der Waals surface area (Å²) in [7, 11) is 0. The predicted molar refractivity (Wildman–Crippen MR) is 67.9 cm³/mol. The number of benzene rings is 1. The van der Waals surface area contributed by atoms with Crippen molar-refractivity contribution >= 4 is 27.8 Å². The fraction of sp³-hybridized carbons (Fsp3) is 0.0909. The van der Waals surface area contributed by atoms with Gasteiger partial charge in [-0.15, -0.1) is 0 Å². The number of hydrogen-bond donors (Lipinski definition) is 2. The summed E-state index contributed by atoms with van der Waals surface area (Å²) in [6, 6.07) is 6.22. The minimum Gasteiger partial charge on any atom is -0.465 e. The van der Waals surface area contributed by atoms with Crippen molar-refractivity contribution in [1.29, 1.82) is 0 Å². The molecule has 0 saturated carbocycles. The molecular formula is C11H7BrF3N3O2. The number of anilines is 1. The van der Waals surface area contributed by atoms with Gasteiger partial charge < -0.3 is 5.11 Å². The van der Waals surface area contributed by atoms with Crippen molar-refractivity contribution in [1.82, 2.24) is 9.78 Å². The lowest BCUT2D eigenvalue weighted by atomic mass is 10.3. The fourth-order valence-electron chi connectivity index (χ4n) is 1.56. The Hall–Kier alpha value is -2.03. The molecule has 1 heterocycles. The monoisotopic (exact) mass is 349 g/mol. The molecule has 1 amide bonds. The summed E-state index contributed by atoms with van der Waals surface area (Å²) in [5.41, 5.74) is -0.852. The van der Waals surface area contributed by atoms with Gasteiger partial charge >= 0.3 is 12.3 Å². The van der Waals surface area contributed by atoms with Crippen molar-refractivity contribution in [2.45, 2.75) is 6.18 Å². The van der Waals surface area contributed by atoms with E-state index in [4.69, 9.17) is 5.11 Å². The molecule has 2 rings (SSSR count). The number of nitrogens with one attached hydrogen (secondary N) is 1. The quantitative estimate of drug-likeness (QED) is 0.867. The third kappa shape index (κ3) is 2.93. The SMILES string of the molecule is O=C(O)Nc1c(C(F)(F)F)cnn1-c1ccc(Br)cc1. The summed E-state index contributed by atoms with van der Waals surface area (Å²) in [4.78, 5) is 10.7. The van der Waals surface area contributed by atoms with Crippen molar-refractivity contribution in [3.8, 4) is 5.69 Å². The molecule has 9 heteroatoms. The van der Waals surface area contributed by atoms with Crippen molar-refractivity contribution in [2.24, 2.45) is 0 Å². The summed E-state index contributed by atoms with van der Waals surface area (Å²) < 4.78 is 40.0. The van der Waals surface area contributed by atoms with Crippen LogP contribution in [0.5, 0.6) is 0 Å². The van der Waals surface area contributed by atoms with Crippen LogP contribution in [0.2, 0.25) is 0 Å². The lowest BCUT2D eigenvalue weighted by Crippen LogP contribution is -2.16. The van der Waals surface area contributed by atoms with Gasteiger partial charge in [0.15, 0.2) is 5.82 Å². The first-order chi connectivity index (χ1) is 9.29. The molecule has 0 radical (unpaired) electrons. The summed E-state index contributed by atoms with van der Waals surface area (Å²) in [6.07, 6.45) is -5.73. The molecule has 2 aromatic rings. The topological polar surface area (TPSA) is 67.2 Å². The third-order valence-electron chi connectivity index (χ3n) is 2.37. The van der Waals surface area contributed by atoms with E-state index in [0.717, 1.165) is 9.15 Å². The van der Waals surface area contributed by atoms with E-state index in [-0.39, 0.29) is 0 Å². The molecule has 5 nitrogen and oxygen atoms in total. The van der Waals surface area contributed by atoms with Gasteiger partial charge in [0.1, 0.15) is 5.56 Å². The average Bonchev–Trinajstić information content (AvgIpc) is 2.72. The number of rotatable bonds is 2. The van der Waals surface area contributed by atoms with Gasteiger partial charge in [0, 0.05) is 4.47 Å². The largest absolute Gasteiger partial charge is 0.465 e. The zero-order valence-corrected chi connectivity index (χ0v) is 11.2. The molecule has 0 bridgehead atoms. The molecule has 0 aliphatic heterocycles. The minimum absolute atomic E-state index is 0.299. The zero-order chi connectivity index (χ0) is 14.9. The highest BCUT2D eigenvalue weighted by Gasteiger charge is 2.37. The van der Waals surface area contributed by atoms with Gasteiger partial charge in [0.05, 0.1) is 11.9 Å². The van der Waals surface area contributed by atoms with Gasteiger partial charge in [-0.1, -0.05) is 15.9 Å². The second-order valence-corrected chi connectivity index (χ2v) is 4.64. The number of carboxylic acid groups (broad SMARTS) is 1. The van der Waals surface area contributed by atoms with Gasteiger partial charge in [-0.05, 0) is 24.3 Å². The summed E-state index contributed by atoms with van der Waals surface area (Å²) >= 11 is 3.19. The van der Waals surface area contributed by atoms with Crippen molar-refractivity contribution in [3.05, 3.63) is 40.5 Å². The molecule has 0 unspecified atom stereocenters. The maximum absolute atomic E-state index is 12.8. The number of halogens is 4. The summed E-state index contributed by atoms with van der Waals surface area (Å²) in [6.45, 7) is 0. The number of aromatic nitrogens is 2. The zero-order valence-electron chi connectivity index (χ0n) is 9.65.